The van der Waals surface area contributed by atoms with E-state index in [1.54, 1.807) is 6.08 Å². The van der Waals surface area contributed by atoms with Gasteiger partial charge in [0.05, 0.1) is 0 Å². The van der Waals surface area contributed by atoms with Crippen LogP contribution in [0.2, 0.25) is 0 Å². The van der Waals surface area contributed by atoms with Crippen LogP contribution < -0.4 is 0 Å². The predicted octanol–water partition coefficient (Wildman–Crippen LogP) is 1.23. The molecular formula is C3H5BrOS. The van der Waals surface area contributed by atoms with Crippen molar-refractivity contribution in [2.75, 3.05) is 5.75 Å². The van der Waals surface area contributed by atoms with Gasteiger partial charge in [-0.15, -0.1) is 0 Å². The molecule has 0 fully saturated rings. The summed E-state index contributed by atoms with van der Waals surface area (Å²) in [6.07, 6.45) is 1.60. The maximum absolute atomic E-state index is 10.0. The first-order valence-corrected chi connectivity index (χ1v) is 4.59. The average molecular weight is 169 g/mol. The fourth-order valence-electron chi connectivity index (χ4n) is 0.0927. The lowest BCUT2D eigenvalue weighted by Crippen LogP contribution is -1.89. The molecule has 0 saturated heterocycles. The Morgan fingerprint density at radius 2 is 2.50 bits per heavy atom. The molecule has 0 N–H and O–H groups in total. The third-order valence-corrected chi connectivity index (χ3v) is 1.54. The van der Waals surface area contributed by atoms with Crippen LogP contribution in [-0.4, -0.2) is 10.3 Å². The molecule has 0 spiro atoms. The Kier molecular flexibility index (Phi) is 4.04. The van der Waals surface area contributed by atoms with E-state index in [2.05, 4.69) is 21.4 Å². The molecule has 0 heterocycles. The van der Waals surface area contributed by atoms with E-state index in [-0.39, 0.29) is 0 Å². The second-order valence-corrected chi connectivity index (χ2v) is 3.83. The van der Waals surface area contributed by atoms with Crippen LogP contribution in [0.4, 0.5) is 0 Å². The van der Waals surface area contributed by atoms with E-state index in [1.807, 2.05) is 0 Å². The summed E-state index contributed by atoms with van der Waals surface area (Å²) < 4.78 is 10.0. The number of hydrogen-bond donors (Lipinski definition) is 0. The molecule has 0 amide bonds. The Morgan fingerprint density at radius 1 is 2.00 bits per heavy atom. The third kappa shape index (κ3) is 4.53. The minimum atomic E-state index is -0.871. The summed E-state index contributed by atoms with van der Waals surface area (Å²) in [4.78, 5) is 0. The van der Waals surface area contributed by atoms with Crippen LogP contribution in [0.25, 0.3) is 0 Å². The predicted molar refractivity (Wildman–Crippen MR) is 32.1 cm³/mol. The van der Waals surface area contributed by atoms with Crippen molar-refractivity contribution in [3.8, 4) is 0 Å². The van der Waals surface area contributed by atoms with Crippen molar-refractivity contribution in [3.05, 3.63) is 12.7 Å². The zero-order valence-electron chi connectivity index (χ0n) is 3.19. The van der Waals surface area contributed by atoms with Crippen LogP contribution in [-0.2, 0) is 9.61 Å². The maximum Gasteiger partial charge on any atom is 0.230 e. The molecule has 0 rings (SSSR count). The molecule has 0 aliphatic heterocycles. The van der Waals surface area contributed by atoms with Gasteiger partial charge < -0.3 is 4.55 Å². The molecule has 0 radical (unpaired) electrons. The van der Waals surface area contributed by atoms with Crippen molar-refractivity contribution in [1.29, 1.82) is 0 Å². The van der Waals surface area contributed by atoms with Gasteiger partial charge in [0.15, 0.2) is 0 Å². The van der Waals surface area contributed by atoms with Gasteiger partial charge in [-0.3, -0.25) is 0 Å². The molecule has 0 saturated carbocycles. The van der Waals surface area contributed by atoms with E-state index in [9.17, 15) is 4.55 Å². The largest absolute Gasteiger partial charge is 0.606 e. The molecule has 1 unspecified atom stereocenters. The highest BCUT2D eigenvalue weighted by molar-refractivity contribution is 9.47. The SMILES string of the molecule is C=CC[S+]([O-])Br. The van der Waals surface area contributed by atoms with E-state index >= 15 is 0 Å². The average Bonchev–Trinajstić information content (AvgIpc) is 1.35. The standard InChI is InChI=1S/C3H5BrOS/c1-2-3-6(4)5/h2H,1,3H2. The molecule has 0 aromatic heterocycles. The molecule has 0 aromatic carbocycles. The fraction of sp³-hybridized carbons (Fsp3) is 0.333. The van der Waals surface area contributed by atoms with Crippen LogP contribution in [0.5, 0.6) is 0 Å². The number of rotatable bonds is 2. The van der Waals surface area contributed by atoms with Gasteiger partial charge in [0, 0.05) is 9.61 Å². The minimum Gasteiger partial charge on any atom is -0.606 e. The van der Waals surface area contributed by atoms with Crippen LogP contribution >= 0.6 is 14.8 Å². The first kappa shape index (κ1) is 6.53. The smallest absolute Gasteiger partial charge is 0.230 e. The third-order valence-electron chi connectivity index (χ3n) is 0.249. The summed E-state index contributed by atoms with van der Waals surface area (Å²) in [5.41, 5.74) is 0. The Hall–Kier alpha value is 0.530. The Labute approximate surface area is 47.8 Å². The van der Waals surface area contributed by atoms with Crippen LogP contribution in [0.3, 0.4) is 0 Å². The lowest BCUT2D eigenvalue weighted by Gasteiger charge is -1.91. The van der Waals surface area contributed by atoms with Crippen molar-refractivity contribution in [3.63, 3.8) is 0 Å². The van der Waals surface area contributed by atoms with Crippen molar-refractivity contribution in [2.24, 2.45) is 0 Å². The summed E-state index contributed by atoms with van der Waals surface area (Å²) in [6.45, 7) is 3.38. The van der Waals surface area contributed by atoms with E-state index in [0.717, 1.165) is 0 Å². The molecule has 0 aliphatic rings. The number of hydrogen-bond acceptors (Lipinski definition) is 1. The summed E-state index contributed by atoms with van der Waals surface area (Å²) in [5.74, 6) is 0.528. The Balaban J connectivity index is 2.81. The maximum atomic E-state index is 10.0. The summed E-state index contributed by atoms with van der Waals surface area (Å²) in [5, 5.41) is 0. The molecule has 6 heavy (non-hydrogen) atoms. The molecular weight excluding hydrogens is 164 g/mol. The molecule has 0 bridgehead atoms. The zero-order valence-corrected chi connectivity index (χ0v) is 5.59. The van der Waals surface area contributed by atoms with Crippen LogP contribution in [0.1, 0.15) is 0 Å². The van der Waals surface area contributed by atoms with Gasteiger partial charge in [-0.2, -0.15) is 0 Å². The lowest BCUT2D eigenvalue weighted by atomic mass is 10.8. The van der Waals surface area contributed by atoms with Crippen molar-refractivity contribution < 1.29 is 4.55 Å². The van der Waals surface area contributed by atoms with Crippen LogP contribution in [0, 0.1) is 0 Å². The Bertz CT molecular complexity index is 46.1. The van der Waals surface area contributed by atoms with E-state index in [4.69, 9.17) is 0 Å². The fourth-order valence-corrected chi connectivity index (χ4v) is 0.839. The van der Waals surface area contributed by atoms with Gasteiger partial charge in [-0.1, -0.05) is 6.58 Å². The highest BCUT2D eigenvalue weighted by Gasteiger charge is 1.89. The summed E-state index contributed by atoms with van der Waals surface area (Å²) in [6, 6.07) is 0. The topological polar surface area (TPSA) is 23.1 Å². The van der Waals surface area contributed by atoms with Gasteiger partial charge in [-0.25, -0.2) is 0 Å². The van der Waals surface area contributed by atoms with E-state index < -0.39 is 9.61 Å². The van der Waals surface area contributed by atoms with Gasteiger partial charge in [0.2, 0.25) is 14.8 Å². The monoisotopic (exact) mass is 168 g/mol. The van der Waals surface area contributed by atoms with Gasteiger partial charge in [0.1, 0.15) is 5.75 Å². The van der Waals surface area contributed by atoms with Gasteiger partial charge >= 0.3 is 0 Å². The number of halogens is 1. The van der Waals surface area contributed by atoms with Crippen molar-refractivity contribution in [1.82, 2.24) is 0 Å². The molecule has 0 aromatic rings. The van der Waals surface area contributed by atoms with Crippen molar-refractivity contribution in [2.45, 2.75) is 0 Å². The second kappa shape index (κ2) is 3.71. The van der Waals surface area contributed by atoms with Crippen molar-refractivity contribution >= 4 is 24.4 Å². The first-order chi connectivity index (χ1) is 2.77. The minimum absolute atomic E-state index is 0.528. The molecule has 3 heteroatoms. The molecule has 1 atom stereocenters. The second-order valence-electron chi connectivity index (χ2n) is 0.745. The highest BCUT2D eigenvalue weighted by Crippen LogP contribution is 1.97. The zero-order chi connectivity index (χ0) is 4.99. The summed E-state index contributed by atoms with van der Waals surface area (Å²) in [7, 11) is -0.871. The highest BCUT2D eigenvalue weighted by atomic mass is 79.9. The molecule has 1 nitrogen and oxygen atoms in total. The Morgan fingerprint density at radius 3 is 2.50 bits per heavy atom. The normalized spacial score (nSPS) is 13.7. The van der Waals surface area contributed by atoms with Crippen LogP contribution in [0.15, 0.2) is 12.7 Å². The van der Waals surface area contributed by atoms with Gasteiger partial charge in [0.25, 0.3) is 0 Å². The quantitative estimate of drug-likeness (QED) is 0.450. The molecule has 36 valence electrons. The summed E-state index contributed by atoms with van der Waals surface area (Å²) >= 11 is 2.84. The van der Waals surface area contributed by atoms with E-state index in [0.29, 0.717) is 5.75 Å². The first-order valence-electron chi connectivity index (χ1n) is 1.43. The lowest BCUT2D eigenvalue weighted by molar-refractivity contribution is 0.613. The van der Waals surface area contributed by atoms with E-state index in [1.165, 1.54) is 0 Å². The van der Waals surface area contributed by atoms with Gasteiger partial charge in [-0.05, 0) is 6.08 Å². The molecule has 0 aliphatic carbocycles.